The first-order valence-electron chi connectivity index (χ1n) is 5.84. The van der Waals surface area contributed by atoms with Crippen LogP contribution in [0.2, 0.25) is 0 Å². The molecule has 1 saturated carbocycles. The minimum atomic E-state index is -0.393. The highest BCUT2D eigenvalue weighted by Gasteiger charge is 2.42. The quantitative estimate of drug-likeness (QED) is 0.726. The van der Waals surface area contributed by atoms with Gasteiger partial charge in [-0.15, -0.1) is 0 Å². The van der Waals surface area contributed by atoms with Crippen LogP contribution in [0.1, 0.15) is 25.3 Å². The van der Waals surface area contributed by atoms with E-state index in [1.54, 1.807) is 10.9 Å². The summed E-state index contributed by atoms with van der Waals surface area (Å²) in [5.74, 6) is 0.235. The molecular formula is C13H19N3O. The van der Waals surface area contributed by atoms with Crippen LogP contribution in [0.5, 0.6) is 0 Å². The van der Waals surface area contributed by atoms with Crippen molar-refractivity contribution in [2.24, 2.45) is 7.05 Å². The summed E-state index contributed by atoms with van der Waals surface area (Å²) in [6.45, 7) is 2.02. The average molecular weight is 233 g/mol. The second-order valence-corrected chi connectivity index (χ2v) is 5.18. The zero-order chi connectivity index (χ0) is 12.6. The maximum atomic E-state index is 12.4. The first-order valence-corrected chi connectivity index (χ1v) is 5.84. The summed E-state index contributed by atoms with van der Waals surface area (Å²) in [6.07, 6.45) is 7.40. The molecule has 2 rings (SSSR count). The number of carbonyl (C=O) groups is 1. The molecule has 0 bridgehead atoms. The molecule has 0 aromatic carbocycles. The van der Waals surface area contributed by atoms with Crippen molar-refractivity contribution in [1.82, 2.24) is 14.7 Å². The first-order chi connectivity index (χ1) is 7.93. The molecule has 0 spiro atoms. The van der Waals surface area contributed by atoms with Gasteiger partial charge in [0, 0.05) is 44.7 Å². The highest BCUT2D eigenvalue weighted by atomic mass is 16.1. The lowest BCUT2D eigenvalue weighted by Gasteiger charge is -2.19. The second kappa shape index (κ2) is 4.02. The van der Waals surface area contributed by atoms with Gasteiger partial charge in [-0.3, -0.25) is 9.48 Å². The minimum absolute atomic E-state index is 0.235. The van der Waals surface area contributed by atoms with Gasteiger partial charge in [0.05, 0.1) is 11.6 Å². The van der Waals surface area contributed by atoms with E-state index < -0.39 is 5.41 Å². The van der Waals surface area contributed by atoms with Gasteiger partial charge in [-0.05, 0) is 19.8 Å². The molecule has 0 N–H and O–H groups in total. The van der Waals surface area contributed by atoms with Gasteiger partial charge >= 0.3 is 0 Å². The van der Waals surface area contributed by atoms with Gasteiger partial charge in [0.15, 0.2) is 5.78 Å². The molecule has 1 aliphatic rings. The topological polar surface area (TPSA) is 38.1 Å². The van der Waals surface area contributed by atoms with Crippen LogP contribution in [0, 0.1) is 0 Å². The van der Waals surface area contributed by atoms with E-state index in [-0.39, 0.29) is 5.78 Å². The Morgan fingerprint density at radius 3 is 2.76 bits per heavy atom. The Morgan fingerprint density at radius 2 is 2.24 bits per heavy atom. The molecular weight excluding hydrogens is 214 g/mol. The standard InChI is InChI=1S/C13H19N3O/c1-13(11-7-14-16(4)9-11)6-5-10(12(13)17)8-15(2)3/h7-9H,5-6H2,1-4H3/b10-8+. The number of carbonyl (C=O) groups excluding carboxylic acids is 1. The number of rotatable bonds is 2. The van der Waals surface area contributed by atoms with E-state index in [0.717, 1.165) is 24.0 Å². The van der Waals surface area contributed by atoms with E-state index in [2.05, 4.69) is 5.10 Å². The normalized spacial score (nSPS) is 26.8. The molecule has 92 valence electrons. The van der Waals surface area contributed by atoms with Crippen LogP contribution in [0.25, 0.3) is 0 Å². The number of aromatic nitrogens is 2. The van der Waals surface area contributed by atoms with Crippen molar-refractivity contribution >= 4 is 5.78 Å². The van der Waals surface area contributed by atoms with E-state index in [1.165, 1.54) is 0 Å². The summed E-state index contributed by atoms with van der Waals surface area (Å²) in [6, 6.07) is 0. The second-order valence-electron chi connectivity index (χ2n) is 5.18. The number of allylic oxidation sites excluding steroid dienone is 1. The summed E-state index contributed by atoms with van der Waals surface area (Å²) in [5.41, 5.74) is 1.55. The molecule has 1 aromatic rings. The summed E-state index contributed by atoms with van der Waals surface area (Å²) in [7, 11) is 5.77. The molecule has 4 nitrogen and oxygen atoms in total. The van der Waals surface area contributed by atoms with Crippen molar-refractivity contribution in [1.29, 1.82) is 0 Å². The number of aryl methyl sites for hydroxylation is 1. The van der Waals surface area contributed by atoms with Crippen molar-refractivity contribution in [2.75, 3.05) is 14.1 Å². The number of nitrogens with zero attached hydrogens (tertiary/aromatic N) is 3. The van der Waals surface area contributed by atoms with Gasteiger partial charge in [0.2, 0.25) is 0 Å². The van der Waals surface area contributed by atoms with Crippen LogP contribution >= 0.6 is 0 Å². The maximum Gasteiger partial charge on any atom is 0.170 e. The first kappa shape index (κ1) is 11.9. The Labute approximate surface area is 102 Å². The van der Waals surface area contributed by atoms with Crippen LogP contribution < -0.4 is 0 Å². The molecule has 1 aliphatic carbocycles. The molecule has 0 amide bonds. The Hall–Kier alpha value is -1.58. The lowest BCUT2D eigenvalue weighted by molar-refractivity contribution is -0.118. The molecule has 1 heterocycles. The third-order valence-corrected chi connectivity index (χ3v) is 3.44. The molecule has 1 fully saturated rings. The van der Waals surface area contributed by atoms with Crippen LogP contribution in [0.4, 0.5) is 0 Å². The van der Waals surface area contributed by atoms with Crippen LogP contribution in [0.3, 0.4) is 0 Å². The number of hydrogen-bond donors (Lipinski definition) is 0. The molecule has 4 heteroatoms. The van der Waals surface area contributed by atoms with Crippen LogP contribution in [-0.2, 0) is 17.3 Å². The predicted molar refractivity (Wildman–Crippen MR) is 66.6 cm³/mol. The largest absolute Gasteiger partial charge is 0.383 e. The molecule has 0 aliphatic heterocycles. The van der Waals surface area contributed by atoms with Gasteiger partial charge in [-0.2, -0.15) is 5.10 Å². The molecule has 1 aromatic heterocycles. The maximum absolute atomic E-state index is 12.4. The molecule has 0 saturated heterocycles. The van der Waals surface area contributed by atoms with Crippen molar-refractivity contribution in [3.63, 3.8) is 0 Å². The monoisotopic (exact) mass is 233 g/mol. The lowest BCUT2D eigenvalue weighted by atomic mass is 9.82. The highest BCUT2D eigenvalue weighted by molar-refractivity contribution is 6.05. The fourth-order valence-electron chi connectivity index (χ4n) is 2.38. The minimum Gasteiger partial charge on any atom is -0.383 e. The summed E-state index contributed by atoms with van der Waals surface area (Å²) in [4.78, 5) is 14.4. The van der Waals surface area contributed by atoms with Crippen LogP contribution in [0.15, 0.2) is 24.2 Å². The van der Waals surface area contributed by atoms with Crippen LogP contribution in [-0.4, -0.2) is 34.6 Å². The van der Waals surface area contributed by atoms with Gasteiger partial charge in [-0.1, -0.05) is 0 Å². The third kappa shape index (κ3) is 1.99. The molecule has 1 atom stereocenters. The Morgan fingerprint density at radius 1 is 1.53 bits per heavy atom. The predicted octanol–water partition coefficient (Wildman–Crippen LogP) is 1.49. The van der Waals surface area contributed by atoms with Crippen molar-refractivity contribution < 1.29 is 4.79 Å². The van der Waals surface area contributed by atoms with Gasteiger partial charge < -0.3 is 4.90 Å². The fourth-order valence-corrected chi connectivity index (χ4v) is 2.38. The smallest absolute Gasteiger partial charge is 0.170 e. The van der Waals surface area contributed by atoms with Gasteiger partial charge in [0.25, 0.3) is 0 Å². The van der Waals surface area contributed by atoms with Crippen molar-refractivity contribution in [3.8, 4) is 0 Å². The summed E-state index contributed by atoms with van der Waals surface area (Å²) < 4.78 is 1.75. The van der Waals surface area contributed by atoms with Crippen molar-refractivity contribution in [3.05, 3.63) is 29.7 Å². The van der Waals surface area contributed by atoms with E-state index in [0.29, 0.717) is 0 Å². The number of ketones is 1. The highest BCUT2D eigenvalue weighted by Crippen LogP contribution is 2.40. The molecule has 0 radical (unpaired) electrons. The van der Waals surface area contributed by atoms with E-state index >= 15 is 0 Å². The Balaban J connectivity index is 2.33. The zero-order valence-corrected chi connectivity index (χ0v) is 10.9. The lowest BCUT2D eigenvalue weighted by Crippen LogP contribution is -2.27. The van der Waals surface area contributed by atoms with E-state index in [1.807, 2.05) is 45.4 Å². The SMILES string of the molecule is CN(C)/C=C1\CCC(C)(c2cnn(C)c2)C1=O. The zero-order valence-electron chi connectivity index (χ0n) is 10.9. The van der Waals surface area contributed by atoms with E-state index in [4.69, 9.17) is 0 Å². The van der Waals surface area contributed by atoms with Gasteiger partial charge in [0.1, 0.15) is 0 Å². The van der Waals surface area contributed by atoms with Gasteiger partial charge in [-0.25, -0.2) is 0 Å². The van der Waals surface area contributed by atoms with E-state index in [9.17, 15) is 4.79 Å². The number of Topliss-reactive ketones (excluding diaryl/α,β-unsaturated/α-hetero) is 1. The molecule has 17 heavy (non-hydrogen) atoms. The Kier molecular flexibility index (Phi) is 2.81. The average Bonchev–Trinajstić information content (AvgIpc) is 2.78. The van der Waals surface area contributed by atoms with Crippen molar-refractivity contribution in [2.45, 2.75) is 25.2 Å². The number of hydrogen-bond acceptors (Lipinski definition) is 3. The third-order valence-electron chi connectivity index (χ3n) is 3.44. The fraction of sp³-hybridized carbons (Fsp3) is 0.538. The summed E-state index contributed by atoms with van der Waals surface area (Å²) in [5, 5.41) is 4.16. The summed E-state index contributed by atoms with van der Waals surface area (Å²) >= 11 is 0. The molecule has 1 unspecified atom stereocenters. The Bertz CT molecular complexity index is 473.